The maximum Gasteiger partial charge on any atom is 0.278 e. The van der Waals surface area contributed by atoms with Crippen molar-refractivity contribution in [2.45, 2.75) is 12.7 Å². The first-order chi connectivity index (χ1) is 6.86. The van der Waals surface area contributed by atoms with Crippen molar-refractivity contribution in [2.24, 2.45) is 0 Å². The molecule has 6 nitrogen and oxygen atoms in total. The van der Waals surface area contributed by atoms with Gasteiger partial charge in [0.1, 0.15) is 0 Å². The minimum Gasteiger partial charge on any atom is -0.361 e. The molecule has 0 saturated carbocycles. The van der Waals surface area contributed by atoms with Crippen LogP contribution < -0.4 is 0 Å². The van der Waals surface area contributed by atoms with Gasteiger partial charge in [-0.3, -0.25) is 9.59 Å². The molecular weight excluding hydrogens is 200 g/mol. The van der Waals surface area contributed by atoms with E-state index < -0.39 is 12.2 Å². The van der Waals surface area contributed by atoms with Gasteiger partial charge in [-0.15, -0.1) is 0 Å². The molecule has 1 N–H and O–H groups in total. The molecule has 0 aliphatic rings. The standard InChI is InChI=1S/C9H18N2O4/c1-10(2)7(12)5-6-15-9(14)8(13)11(3)4/h9,14H,5-6H2,1-4H3. The van der Waals surface area contributed by atoms with Gasteiger partial charge < -0.3 is 19.6 Å². The smallest absolute Gasteiger partial charge is 0.278 e. The lowest BCUT2D eigenvalue weighted by Crippen LogP contribution is -2.36. The van der Waals surface area contributed by atoms with Gasteiger partial charge in [-0.2, -0.15) is 0 Å². The summed E-state index contributed by atoms with van der Waals surface area (Å²) in [6.45, 7) is 0.0256. The Morgan fingerprint density at radius 3 is 2.13 bits per heavy atom. The van der Waals surface area contributed by atoms with Crippen LogP contribution in [0.2, 0.25) is 0 Å². The summed E-state index contributed by atoms with van der Waals surface area (Å²) < 4.78 is 4.80. The summed E-state index contributed by atoms with van der Waals surface area (Å²) in [5.41, 5.74) is 0. The fourth-order valence-corrected chi connectivity index (χ4v) is 0.774. The van der Waals surface area contributed by atoms with Crippen LogP contribution in [0.15, 0.2) is 0 Å². The quantitative estimate of drug-likeness (QED) is 0.594. The average Bonchev–Trinajstić information content (AvgIpc) is 2.15. The summed E-state index contributed by atoms with van der Waals surface area (Å²) in [6.07, 6.45) is -1.35. The Morgan fingerprint density at radius 2 is 1.73 bits per heavy atom. The topological polar surface area (TPSA) is 70.1 Å². The van der Waals surface area contributed by atoms with Gasteiger partial charge in [0.05, 0.1) is 13.0 Å². The van der Waals surface area contributed by atoms with E-state index in [9.17, 15) is 14.7 Å². The van der Waals surface area contributed by atoms with E-state index in [1.54, 1.807) is 14.1 Å². The Bertz CT molecular complexity index is 228. The molecule has 0 aromatic heterocycles. The van der Waals surface area contributed by atoms with Crippen molar-refractivity contribution in [3.8, 4) is 0 Å². The zero-order valence-electron chi connectivity index (χ0n) is 9.56. The maximum absolute atomic E-state index is 11.1. The second-order valence-electron chi connectivity index (χ2n) is 3.49. The molecule has 0 rings (SSSR count). The van der Waals surface area contributed by atoms with E-state index in [4.69, 9.17) is 4.74 Å². The minimum atomic E-state index is -1.49. The SMILES string of the molecule is CN(C)C(=O)CCOC(O)C(=O)N(C)C. The molecule has 0 heterocycles. The number of hydrogen-bond acceptors (Lipinski definition) is 4. The summed E-state index contributed by atoms with van der Waals surface area (Å²) in [5.74, 6) is -0.646. The summed E-state index contributed by atoms with van der Waals surface area (Å²) in [7, 11) is 6.28. The molecule has 0 radical (unpaired) electrons. The van der Waals surface area contributed by atoms with Crippen molar-refractivity contribution < 1.29 is 19.4 Å². The highest BCUT2D eigenvalue weighted by atomic mass is 16.6. The molecule has 0 fully saturated rings. The van der Waals surface area contributed by atoms with Gasteiger partial charge in [-0.1, -0.05) is 0 Å². The van der Waals surface area contributed by atoms with Gasteiger partial charge in [-0.25, -0.2) is 0 Å². The number of likely N-dealkylation sites (N-methyl/N-ethyl adjacent to an activating group) is 1. The second-order valence-corrected chi connectivity index (χ2v) is 3.49. The lowest BCUT2D eigenvalue weighted by atomic mass is 10.4. The lowest BCUT2D eigenvalue weighted by molar-refractivity contribution is -0.168. The van der Waals surface area contributed by atoms with E-state index in [1.165, 1.54) is 23.9 Å². The third kappa shape index (κ3) is 5.34. The summed E-state index contributed by atoms with van der Waals surface area (Å²) in [6, 6.07) is 0. The second kappa shape index (κ2) is 6.36. The van der Waals surface area contributed by atoms with Gasteiger partial charge >= 0.3 is 0 Å². The molecule has 88 valence electrons. The molecule has 2 amide bonds. The molecule has 6 heteroatoms. The molecule has 15 heavy (non-hydrogen) atoms. The van der Waals surface area contributed by atoms with Crippen LogP contribution in [0.3, 0.4) is 0 Å². The molecule has 0 aromatic carbocycles. The Morgan fingerprint density at radius 1 is 1.20 bits per heavy atom. The van der Waals surface area contributed by atoms with Crippen molar-refractivity contribution in [1.29, 1.82) is 0 Å². The van der Waals surface area contributed by atoms with Gasteiger partial charge in [0.2, 0.25) is 12.2 Å². The van der Waals surface area contributed by atoms with Crippen LogP contribution in [0, 0.1) is 0 Å². The lowest BCUT2D eigenvalue weighted by Gasteiger charge is -2.16. The highest BCUT2D eigenvalue weighted by molar-refractivity contribution is 5.79. The molecule has 1 unspecified atom stereocenters. The number of ether oxygens (including phenoxy) is 1. The fourth-order valence-electron chi connectivity index (χ4n) is 0.774. The molecule has 0 spiro atoms. The highest BCUT2D eigenvalue weighted by Crippen LogP contribution is 1.95. The third-order valence-electron chi connectivity index (χ3n) is 1.74. The number of aliphatic hydroxyl groups excluding tert-OH is 1. The first-order valence-electron chi connectivity index (χ1n) is 4.57. The summed E-state index contributed by atoms with van der Waals surface area (Å²) >= 11 is 0. The molecule has 0 aromatic rings. The number of amides is 2. The van der Waals surface area contributed by atoms with E-state index in [0.29, 0.717) is 0 Å². The van der Waals surface area contributed by atoms with Crippen molar-refractivity contribution in [2.75, 3.05) is 34.8 Å². The Labute approximate surface area is 89.4 Å². The number of rotatable bonds is 5. The Kier molecular flexibility index (Phi) is 5.88. The minimum absolute atomic E-state index is 0.0256. The monoisotopic (exact) mass is 218 g/mol. The highest BCUT2D eigenvalue weighted by Gasteiger charge is 2.17. The molecule has 0 saturated heterocycles. The van der Waals surface area contributed by atoms with Crippen LogP contribution in [-0.2, 0) is 14.3 Å². The Hall–Kier alpha value is -1.14. The van der Waals surface area contributed by atoms with Crippen molar-refractivity contribution >= 4 is 11.8 Å². The number of nitrogens with zero attached hydrogens (tertiary/aromatic N) is 2. The van der Waals surface area contributed by atoms with E-state index in [-0.39, 0.29) is 18.9 Å². The average molecular weight is 218 g/mol. The maximum atomic E-state index is 11.1. The van der Waals surface area contributed by atoms with Crippen LogP contribution in [0.4, 0.5) is 0 Å². The van der Waals surface area contributed by atoms with Gasteiger partial charge in [0.15, 0.2) is 0 Å². The zero-order chi connectivity index (χ0) is 12.0. The fraction of sp³-hybridized carbons (Fsp3) is 0.778. The summed E-state index contributed by atoms with van der Waals surface area (Å²) in [4.78, 5) is 24.8. The van der Waals surface area contributed by atoms with Crippen LogP contribution in [0.25, 0.3) is 0 Å². The van der Waals surface area contributed by atoms with E-state index >= 15 is 0 Å². The van der Waals surface area contributed by atoms with E-state index in [2.05, 4.69) is 0 Å². The molecule has 0 aliphatic carbocycles. The van der Waals surface area contributed by atoms with Crippen molar-refractivity contribution in [3.05, 3.63) is 0 Å². The third-order valence-corrected chi connectivity index (χ3v) is 1.74. The largest absolute Gasteiger partial charge is 0.361 e. The molecule has 0 bridgehead atoms. The molecular formula is C9H18N2O4. The van der Waals surface area contributed by atoms with Crippen molar-refractivity contribution in [1.82, 2.24) is 9.80 Å². The van der Waals surface area contributed by atoms with Gasteiger partial charge in [0, 0.05) is 28.2 Å². The predicted molar refractivity (Wildman–Crippen MR) is 54.0 cm³/mol. The van der Waals surface area contributed by atoms with E-state index in [1.807, 2.05) is 0 Å². The molecule has 1 atom stereocenters. The summed E-state index contributed by atoms with van der Waals surface area (Å²) in [5, 5.41) is 9.20. The van der Waals surface area contributed by atoms with Crippen LogP contribution in [0.1, 0.15) is 6.42 Å². The normalized spacial score (nSPS) is 12.1. The van der Waals surface area contributed by atoms with Crippen LogP contribution in [0.5, 0.6) is 0 Å². The first kappa shape index (κ1) is 13.9. The zero-order valence-corrected chi connectivity index (χ0v) is 9.56. The van der Waals surface area contributed by atoms with Gasteiger partial charge in [-0.05, 0) is 0 Å². The van der Waals surface area contributed by atoms with E-state index in [0.717, 1.165) is 0 Å². The van der Waals surface area contributed by atoms with Crippen molar-refractivity contribution in [3.63, 3.8) is 0 Å². The molecule has 0 aliphatic heterocycles. The van der Waals surface area contributed by atoms with Crippen LogP contribution >= 0.6 is 0 Å². The Balaban J connectivity index is 3.78. The van der Waals surface area contributed by atoms with Crippen LogP contribution in [-0.4, -0.2) is 67.8 Å². The predicted octanol–water partition coefficient (Wildman–Crippen LogP) is -1.11. The number of hydrogen-bond donors (Lipinski definition) is 1. The number of carbonyl (C=O) groups is 2. The number of carbonyl (C=O) groups excluding carboxylic acids is 2. The first-order valence-corrected chi connectivity index (χ1v) is 4.57. The van der Waals surface area contributed by atoms with Gasteiger partial charge in [0.25, 0.3) is 5.91 Å². The number of aliphatic hydroxyl groups is 1.